The van der Waals surface area contributed by atoms with Gasteiger partial charge in [0.05, 0.1) is 13.2 Å². The molecule has 1 aliphatic rings. The fourth-order valence-electron chi connectivity index (χ4n) is 2.88. The average Bonchev–Trinajstić information content (AvgIpc) is 2.83. The molecule has 1 fully saturated rings. The monoisotopic (exact) mass is 280 g/mol. The summed E-state index contributed by atoms with van der Waals surface area (Å²) < 4.78 is 11.3. The minimum absolute atomic E-state index is 0.566. The molecule has 2 atom stereocenters. The van der Waals surface area contributed by atoms with Gasteiger partial charge in [0, 0.05) is 25.1 Å². The lowest BCUT2D eigenvalue weighted by atomic mass is 9.95. The van der Waals surface area contributed by atoms with E-state index in [0.29, 0.717) is 12.0 Å². The predicted molar refractivity (Wildman–Crippen MR) is 80.8 cm³/mol. The van der Waals surface area contributed by atoms with Crippen molar-refractivity contribution in [3.63, 3.8) is 0 Å². The molecule has 4 nitrogen and oxygen atoms in total. The summed E-state index contributed by atoms with van der Waals surface area (Å²) in [6.07, 6.45) is 2.31. The maximum absolute atomic E-state index is 5.66. The van der Waals surface area contributed by atoms with Gasteiger partial charge in [-0.3, -0.25) is 4.90 Å². The van der Waals surface area contributed by atoms with Gasteiger partial charge in [-0.15, -0.1) is 0 Å². The van der Waals surface area contributed by atoms with Crippen LogP contribution in [0, 0.1) is 12.8 Å². The molecule has 114 valence electrons. The van der Waals surface area contributed by atoms with Crippen molar-refractivity contribution in [3.8, 4) is 0 Å². The van der Waals surface area contributed by atoms with Crippen molar-refractivity contribution >= 4 is 0 Å². The number of furan rings is 1. The highest BCUT2D eigenvalue weighted by Gasteiger charge is 2.26. The molecule has 2 unspecified atom stereocenters. The van der Waals surface area contributed by atoms with Gasteiger partial charge in [0.15, 0.2) is 0 Å². The highest BCUT2D eigenvalue weighted by Crippen LogP contribution is 2.17. The van der Waals surface area contributed by atoms with Crippen LogP contribution in [0.25, 0.3) is 0 Å². The van der Waals surface area contributed by atoms with E-state index in [1.165, 1.54) is 6.42 Å². The van der Waals surface area contributed by atoms with Crippen molar-refractivity contribution in [3.05, 3.63) is 23.7 Å². The first kappa shape index (κ1) is 15.5. The van der Waals surface area contributed by atoms with E-state index in [2.05, 4.69) is 30.3 Å². The van der Waals surface area contributed by atoms with Crippen molar-refractivity contribution in [2.75, 3.05) is 33.4 Å². The van der Waals surface area contributed by atoms with Crippen LogP contribution in [0.1, 0.15) is 31.3 Å². The maximum atomic E-state index is 5.66. The first-order valence-electron chi connectivity index (χ1n) is 7.74. The molecule has 1 N–H and O–H groups in total. The molecule has 0 aromatic carbocycles. The lowest BCUT2D eigenvalue weighted by molar-refractivity contribution is 0.0182. The predicted octanol–water partition coefficient (Wildman–Crippen LogP) is 2.42. The molecule has 0 aliphatic carbocycles. The maximum Gasteiger partial charge on any atom is 0.118 e. The summed E-state index contributed by atoms with van der Waals surface area (Å²) in [5.41, 5.74) is 0. The van der Waals surface area contributed by atoms with Crippen molar-refractivity contribution < 1.29 is 9.15 Å². The van der Waals surface area contributed by atoms with Crippen molar-refractivity contribution in [1.82, 2.24) is 10.2 Å². The summed E-state index contributed by atoms with van der Waals surface area (Å²) in [6, 6.07) is 4.68. The summed E-state index contributed by atoms with van der Waals surface area (Å²) in [7, 11) is 2.16. The third-order valence-corrected chi connectivity index (χ3v) is 3.90. The lowest BCUT2D eigenvalue weighted by Crippen LogP contribution is -2.47. The number of nitrogens with zero attached hydrogens (tertiary/aromatic N) is 1. The third kappa shape index (κ3) is 4.62. The van der Waals surface area contributed by atoms with Crippen LogP contribution >= 0.6 is 0 Å². The van der Waals surface area contributed by atoms with Crippen LogP contribution in [0.3, 0.4) is 0 Å². The molecule has 0 saturated carbocycles. The van der Waals surface area contributed by atoms with Crippen molar-refractivity contribution in [2.45, 2.75) is 39.3 Å². The zero-order chi connectivity index (χ0) is 14.4. The molecule has 1 aromatic heterocycles. The van der Waals surface area contributed by atoms with Crippen LogP contribution in [-0.2, 0) is 11.3 Å². The number of nitrogens with one attached hydrogen (secondary N) is 1. The summed E-state index contributed by atoms with van der Waals surface area (Å²) in [5, 5.41) is 3.66. The number of hydrogen-bond acceptors (Lipinski definition) is 4. The average molecular weight is 280 g/mol. The van der Waals surface area contributed by atoms with Crippen LogP contribution < -0.4 is 5.32 Å². The second-order valence-electron chi connectivity index (χ2n) is 5.89. The minimum Gasteiger partial charge on any atom is -0.465 e. The van der Waals surface area contributed by atoms with E-state index in [4.69, 9.17) is 9.15 Å². The van der Waals surface area contributed by atoms with Gasteiger partial charge in [-0.2, -0.15) is 0 Å². The minimum atomic E-state index is 0.566. The van der Waals surface area contributed by atoms with Gasteiger partial charge in [0.2, 0.25) is 0 Å². The zero-order valence-electron chi connectivity index (χ0n) is 13.0. The molecule has 20 heavy (non-hydrogen) atoms. The molecule has 4 heteroatoms. The molecule has 1 aromatic rings. The number of ether oxygens (including phenoxy) is 1. The van der Waals surface area contributed by atoms with E-state index in [0.717, 1.165) is 50.8 Å². The fourth-order valence-corrected chi connectivity index (χ4v) is 2.88. The second-order valence-corrected chi connectivity index (χ2v) is 5.89. The summed E-state index contributed by atoms with van der Waals surface area (Å²) in [4.78, 5) is 2.33. The van der Waals surface area contributed by atoms with Gasteiger partial charge in [-0.1, -0.05) is 6.92 Å². The number of aryl methyl sites for hydroxylation is 1. The molecule has 0 amide bonds. The Balaban J connectivity index is 1.82. The van der Waals surface area contributed by atoms with E-state index < -0.39 is 0 Å². The second kappa shape index (κ2) is 7.81. The van der Waals surface area contributed by atoms with Crippen LogP contribution in [0.2, 0.25) is 0 Å². The molecule has 1 aliphatic heterocycles. The molecular weight excluding hydrogens is 252 g/mol. The van der Waals surface area contributed by atoms with Gasteiger partial charge < -0.3 is 14.5 Å². The number of rotatable bonds is 7. The van der Waals surface area contributed by atoms with Crippen LogP contribution in [0.5, 0.6) is 0 Å². The van der Waals surface area contributed by atoms with E-state index >= 15 is 0 Å². The van der Waals surface area contributed by atoms with Gasteiger partial charge in [-0.05, 0) is 45.5 Å². The first-order chi connectivity index (χ1) is 9.69. The van der Waals surface area contributed by atoms with E-state index in [1.54, 1.807) is 0 Å². The lowest BCUT2D eigenvalue weighted by Gasteiger charge is -2.34. The van der Waals surface area contributed by atoms with E-state index in [9.17, 15) is 0 Å². The molecule has 0 bridgehead atoms. The standard InChI is InChI=1S/C16H28N2O2/c1-4-8-17-16-7-9-19-12-14(16)10-18(3)11-15-6-5-13(2)20-15/h5-6,14,16-17H,4,7-12H2,1-3H3. The molecule has 0 radical (unpaired) electrons. The van der Waals surface area contributed by atoms with Crippen LogP contribution in [-0.4, -0.2) is 44.3 Å². The highest BCUT2D eigenvalue weighted by molar-refractivity contribution is 5.05. The summed E-state index contributed by atoms with van der Waals surface area (Å²) in [5.74, 6) is 2.59. The van der Waals surface area contributed by atoms with Gasteiger partial charge in [0.1, 0.15) is 11.5 Å². The molecule has 1 saturated heterocycles. The zero-order valence-corrected chi connectivity index (χ0v) is 13.0. The van der Waals surface area contributed by atoms with Gasteiger partial charge in [-0.25, -0.2) is 0 Å². The Bertz CT molecular complexity index is 392. The normalized spacial score (nSPS) is 23.4. The van der Waals surface area contributed by atoms with Crippen LogP contribution in [0.4, 0.5) is 0 Å². The SMILES string of the molecule is CCCNC1CCOCC1CN(C)Cc1ccc(C)o1. The molecule has 2 heterocycles. The van der Waals surface area contributed by atoms with Crippen molar-refractivity contribution in [2.24, 2.45) is 5.92 Å². The van der Waals surface area contributed by atoms with Crippen molar-refractivity contribution in [1.29, 1.82) is 0 Å². The Morgan fingerprint density at radius 2 is 2.25 bits per heavy atom. The van der Waals surface area contributed by atoms with E-state index in [-0.39, 0.29) is 0 Å². The largest absolute Gasteiger partial charge is 0.465 e. The van der Waals surface area contributed by atoms with E-state index in [1.807, 2.05) is 13.0 Å². The molecular formula is C16H28N2O2. The Morgan fingerprint density at radius 3 is 2.95 bits per heavy atom. The Labute approximate surface area is 122 Å². The summed E-state index contributed by atoms with van der Waals surface area (Å²) >= 11 is 0. The Kier molecular flexibility index (Phi) is 6.07. The Hall–Kier alpha value is -0.840. The quantitative estimate of drug-likeness (QED) is 0.832. The smallest absolute Gasteiger partial charge is 0.118 e. The summed E-state index contributed by atoms with van der Waals surface area (Å²) in [6.45, 7) is 8.96. The fraction of sp³-hybridized carbons (Fsp3) is 0.750. The Morgan fingerprint density at radius 1 is 1.40 bits per heavy atom. The molecule has 0 spiro atoms. The highest BCUT2D eigenvalue weighted by atomic mass is 16.5. The van der Waals surface area contributed by atoms with Gasteiger partial charge >= 0.3 is 0 Å². The van der Waals surface area contributed by atoms with Crippen LogP contribution in [0.15, 0.2) is 16.5 Å². The first-order valence-corrected chi connectivity index (χ1v) is 7.74. The number of hydrogen-bond donors (Lipinski definition) is 1. The third-order valence-electron chi connectivity index (χ3n) is 3.90. The topological polar surface area (TPSA) is 37.6 Å². The van der Waals surface area contributed by atoms with Gasteiger partial charge in [0.25, 0.3) is 0 Å². The molecule has 2 rings (SSSR count).